The van der Waals surface area contributed by atoms with Crippen molar-refractivity contribution in [3.63, 3.8) is 0 Å². The number of rotatable bonds is 7. The van der Waals surface area contributed by atoms with Crippen LogP contribution in [-0.4, -0.2) is 42.6 Å². The molecule has 0 radical (unpaired) electrons. The molecule has 0 saturated carbocycles. The summed E-state index contributed by atoms with van der Waals surface area (Å²) >= 11 is 0. The maximum absolute atomic E-state index is 11.7. The number of hydrogen-bond donors (Lipinski definition) is 1. The second-order valence-electron chi connectivity index (χ2n) is 5.63. The second kappa shape index (κ2) is 7.10. The fourth-order valence-corrected chi connectivity index (χ4v) is 2.55. The molecule has 4 nitrogen and oxygen atoms in total. The quantitative estimate of drug-likeness (QED) is 0.705. The van der Waals surface area contributed by atoms with Gasteiger partial charge in [-0.25, -0.2) is 0 Å². The molecule has 1 aliphatic rings. The Morgan fingerprint density at radius 2 is 2.22 bits per heavy atom. The lowest BCUT2D eigenvalue weighted by Crippen LogP contribution is -2.48. The number of esters is 1. The van der Waals surface area contributed by atoms with Crippen molar-refractivity contribution < 1.29 is 9.53 Å². The maximum atomic E-state index is 11.7. The van der Waals surface area contributed by atoms with Crippen molar-refractivity contribution in [1.29, 1.82) is 0 Å². The zero-order valence-corrected chi connectivity index (χ0v) is 12.1. The zero-order valence-electron chi connectivity index (χ0n) is 12.1. The summed E-state index contributed by atoms with van der Waals surface area (Å²) in [5.41, 5.74) is 5.17. The van der Waals surface area contributed by atoms with Gasteiger partial charge < -0.3 is 15.4 Å². The smallest absolute Gasteiger partial charge is 0.325 e. The summed E-state index contributed by atoms with van der Waals surface area (Å²) in [5, 5.41) is 0. The van der Waals surface area contributed by atoms with Crippen molar-refractivity contribution in [3.8, 4) is 0 Å². The molecular weight excluding hydrogens is 228 g/mol. The van der Waals surface area contributed by atoms with Crippen LogP contribution in [0.3, 0.4) is 0 Å². The highest BCUT2D eigenvalue weighted by Crippen LogP contribution is 2.22. The van der Waals surface area contributed by atoms with Crippen molar-refractivity contribution >= 4 is 5.97 Å². The van der Waals surface area contributed by atoms with Gasteiger partial charge in [-0.15, -0.1) is 0 Å². The van der Waals surface area contributed by atoms with Gasteiger partial charge in [0.25, 0.3) is 0 Å². The van der Waals surface area contributed by atoms with Gasteiger partial charge in [0, 0.05) is 13.1 Å². The van der Waals surface area contributed by atoms with Gasteiger partial charge in [0.05, 0.1) is 6.61 Å². The number of likely N-dealkylation sites (tertiary alicyclic amines) is 1. The highest BCUT2D eigenvalue weighted by molar-refractivity contribution is 5.79. The molecule has 1 rings (SSSR count). The van der Waals surface area contributed by atoms with Crippen LogP contribution in [0.1, 0.15) is 46.5 Å². The molecule has 1 aliphatic heterocycles. The molecule has 0 spiro atoms. The Balaban J connectivity index is 2.30. The first-order valence-corrected chi connectivity index (χ1v) is 7.18. The molecule has 2 unspecified atom stereocenters. The van der Waals surface area contributed by atoms with E-state index in [-0.39, 0.29) is 5.97 Å². The van der Waals surface area contributed by atoms with Crippen LogP contribution in [0.2, 0.25) is 0 Å². The summed E-state index contributed by atoms with van der Waals surface area (Å²) in [4.78, 5) is 14.1. The number of nitrogens with two attached hydrogens (primary N) is 1. The Bertz CT molecular complexity index is 267. The highest BCUT2D eigenvalue weighted by Gasteiger charge is 2.31. The van der Waals surface area contributed by atoms with E-state index in [9.17, 15) is 4.79 Å². The zero-order chi connectivity index (χ0) is 13.6. The van der Waals surface area contributed by atoms with E-state index in [1.807, 2.05) is 6.92 Å². The van der Waals surface area contributed by atoms with Gasteiger partial charge in [-0.3, -0.25) is 4.79 Å². The third-order valence-electron chi connectivity index (χ3n) is 3.76. The summed E-state index contributed by atoms with van der Waals surface area (Å²) in [5.74, 6) is 0.552. The molecule has 18 heavy (non-hydrogen) atoms. The normalized spacial score (nSPS) is 23.9. The molecule has 1 heterocycles. The van der Waals surface area contributed by atoms with Crippen LogP contribution in [0, 0.1) is 5.92 Å². The fraction of sp³-hybridized carbons (Fsp3) is 0.929. The Morgan fingerprint density at radius 3 is 2.83 bits per heavy atom. The minimum Gasteiger partial charge on any atom is -0.465 e. The average Bonchev–Trinajstić information content (AvgIpc) is 2.75. The van der Waals surface area contributed by atoms with Crippen molar-refractivity contribution in [2.45, 2.75) is 52.0 Å². The van der Waals surface area contributed by atoms with Crippen molar-refractivity contribution in [2.24, 2.45) is 11.7 Å². The summed E-state index contributed by atoms with van der Waals surface area (Å²) in [6.45, 7) is 9.41. The maximum Gasteiger partial charge on any atom is 0.325 e. The minimum absolute atomic E-state index is 0.283. The summed E-state index contributed by atoms with van der Waals surface area (Å²) in [6, 6.07) is 0. The minimum atomic E-state index is -0.848. The van der Waals surface area contributed by atoms with E-state index < -0.39 is 5.54 Å². The fourth-order valence-electron chi connectivity index (χ4n) is 2.55. The molecule has 0 aromatic rings. The Kier molecular flexibility index (Phi) is 6.09. The highest BCUT2D eigenvalue weighted by atomic mass is 16.5. The molecule has 1 saturated heterocycles. The van der Waals surface area contributed by atoms with Gasteiger partial charge in [0.1, 0.15) is 5.54 Å². The predicted molar refractivity (Wildman–Crippen MR) is 73.3 cm³/mol. The molecule has 0 aromatic carbocycles. The monoisotopic (exact) mass is 256 g/mol. The lowest BCUT2D eigenvalue weighted by atomic mass is 9.99. The van der Waals surface area contributed by atoms with E-state index in [1.54, 1.807) is 6.92 Å². The summed E-state index contributed by atoms with van der Waals surface area (Å²) in [6.07, 6.45) is 4.53. The van der Waals surface area contributed by atoms with E-state index >= 15 is 0 Å². The van der Waals surface area contributed by atoms with Crippen LogP contribution in [0.5, 0.6) is 0 Å². The van der Waals surface area contributed by atoms with Gasteiger partial charge in [0.15, 0.2) is 0 Å². The molecule has 0 aromatic heterocycles. The standard InChI is InChI=1S/C14H28N2O2/c1-4-6-12-7-9-16(11-12)10-8-14(3,15)13(17)18-5-2/h12H,4-11,15H2,1-3H3. The first-order valence-electron chi connectivity index (χ1n) is 7.18. The summed E-state index contributed by atoms with van der Waals surface area (Å²) < 4.78 is 5.00. The Morgan fingerprint density at radius 1 is 1.50 bits per heavy atom. The SMILES string of the molecule is CCCC1CCN(CCC(C)(N)C(=O)OCC)C1. The molecule has 2 N–H and O–H groups in total. The number of hydrogen-bond acceptors (Lipinski definition) is 4. The van der Waals surface area contributed by atoms with Gasteiger partial charge in [-0.2, -0.15) is 0 Å². The van der Waals surface area contributed by atoms with Crippen molar-refractivity contribution in [3.05, 3.63) is 0 Å². The van der Waals surface area contributed by atoms with Gasteiger partial charge in [-0.1, -0.05) is 13.3 Å². The average molecular weight is 256 g/mol. The van der Waals surface area contributed by atoms with E-state index in [1.165, 1.54) is 19.3 Å². The number of carbonyl (C=O) groups excluding carboxylic acids is 1. The number of ether oxygens (including phenoxy) is 1. The molecule has 0 amide bonds. The first kappa shape index (κ1) is 15.4. The molecule has 0 aliphatic carbocycles. The largest absolute Gasteiger partial charge is 0.465 e. The van der Waals surface area contributed by atoms with E-state index in [0.717, 1.165) is 25.6 Å². The first-order chi connectivity index (χ1) is 8.49. The van der Waals surface area contributed by atoms with Crippen LogP contribution in [-0.2, 0) is 9.53 Å². The molecular formula is C14H28N2O2. The number of carbonyl (C=O) groups is 1. The third-order valence-corrected chi connectivity index (χ3v) is 3.76. The molecule has 1 fully saturated rings. The Hall–Kier alpha value is -0.610. The van der Waals surface area contributed by atoms with Crippen LogP contribution in [0.4, 0.5) is 0 Å². The topological polar surface area (TPSA) is 55.6 Å². The van der Waals surface area contributed by atoms with Crippen LogP contribution >= 0.6 is 0 Å². The van der Waals surface area contributed by atoms with Crippen LogP contribution in [0.15, 0.2) is 0 Å². The third kappa shape index (κ3) is 4.58. The molecule has 2 atom stereocenters. The van der Waals surface area contributed by atoms with E-state index in [0.29, 0.717) is 13.0 Å². The molecule has 106 valence electrons. The van der Waals surface area contributed by atoms with E-state index in [4.69, 9.17) is 10.5 Å². The van der Waals surface area contributed by atoms with Gasteiger partial charge >= 0.3 is 5.97 Å². The van der Waals surface area contributed by atoms with Crippen molar-refractivity contribution in [2.75, 3.05) is 26.2 Å². The van der Waals surface area contributed by atoms with Gasteiger partial charge in [-0.05, 0) is 45.6 Å². The van der Waals surface area contributed by atoms with Crippen molar-refractivity contribution in [1.82, 2.24) is 4.90 Å². The number of nitrogens with zero attached hydrogens (tertiary/aromatic N) is 1. The van der Waals surface area contributed by atoms with Crippen LogP contribution < -0.4 is 5.73 Å². The lowest BCUT2D eigenvalue weighted by molar-refractivity contribution is -0.149. The lowest BCUT2D eigenvalue weighted by Gasteiger charge is -2.25. The van der Waals surface area contributed by atoms with Gasteiger partial charge in [0.2, 0.25) is 0 Å². The molecule has 4 heteroatoms. The predicted octanol–water partition coefficient (Wildman–Crippen LogP) is 1.78. The van der Waals surface area contributed by atoms with Crippen LogP contribution in [0.25, 0.3) is 0 Å². The summed E-state index contributed by atoms with van der Waals surface area (Å²) in [7, 11) is 0. The second-order valence-corrected chi connectivity index (χ2v) is 5.63. The molecule has 0 bridgehead atoms. The Labute approximate surface area is 111 Å². The van der Waals surface area contributed by atoms with E-state index in [2.05, 4.69) is 11.8 Å².